The SMILES string of the molecule is C[C@@H]([NH2+]CC(=O)N1CC(=O)Nc2ccccc21)c1cc(F)c(Cl)cc1Cl. The number of halogens is 3. The molecule has 1 heterocycles. The predicted octanol–water partition coefficient (Wildman–Crippen LogP) is 2.74. The van der Waals surface area contributed by atoms with E-state index in [1.165, 1.54) is 17.0 Å². The van der Waals surface area contributed by atoms with Crippen LogP contribution >= 0.6 is 23.2 Å². The molecule has 0 bridgehead atoms. The highest BCUT2D eigenvalue weighted by atomic mass is 35.5. The molecule has 1 atom stereocenters. The van der Waals surface area contributed by atoms with E-state index in [2.05, 4.69) is 5.32 Å². The Labute approximate surface area is 160 Å². The largest absolute Gasteiger partial charge is 0.332 e. The second-order valence-corrected chi connectivity index (χ2v) is 6.88. The van der Waals surface area contributed by atoms with Crippen molar-refractivity contribution in [3.63, 3.8) is 0 Å². The van der Waals surface area contributed by atoms with Crippen molar-refractivity contribution >= 4 is 46.4 Å². The molecule has 0 aliphatic carbocycles. The Morgan fingerprint density at radius 2 is 2.04 bits per heavy atom. The average molecular weight is 397 g/mol. The fraction of sp³-hybridized carbons (Fsp3) is 0.222. The van der Waals surface area contributed by atoms with Gasteiger partial charge in [0.1, 0.15) is 18.4 Å². The average Bonchev–Trinajstić information content (AvgIpc) is 2.61. The Hall–Kier alpha value is -2.15. The summed E-state index contributed by atoms with van der Waals surface area (Å²) in [5.74, 6) is -1.02. The van der Waals surface area contributed by atoms with Gasteiger partial charge in [-0.15, -0.1) is 0 Å². The fourth-order valence-electron chi connectivity index (χ4n) is 2.86. The van der Waals surface area contributed by atoms with Crippen LogP contribution in [0.1, 0.15) is 18.5 Å². The maximum Gasteiger partial charge on any atom is 0.282 e. The summed E-state index contributed by atoms with van der Waals surface area (Å²) in [5.41, 5.74) is 1.82. The van der Waals surface area contributed by atoms with E-state index in [9.17, 15) is 14.0 Å². The molecule has 2 aromatic carbocycles. The Morgan fingerprint density at radius 1 is 1.31 bits per heavy atom. The highest BCUT2D eigenvalue weighted by Gasteiger charge is 2.28. The van der Waals surface area contributed by atoms with Gasteiger partial charge in [-0.3, -0.25) is 14.5 Å². The zero-order valence-electron chi connectivity index (χ0n) is 13.9. The van der Waals surface area contributed by atoms with Crippen LogP contribution in [0.2, 0.25) is 10.0 Å². The van der Waals surface area contributed by atoms with Gasteiger partial charge in [-0.1, -0.05) is 35.3 Å². The van der Waals surface area contributed by atoms with E-state index in [4.69, 9.17) is 23.2 Å². The number of hydrogen-bond acceptors (Lipinski definition) is 2. The minimum Gasteiger partial charge on any atom is -0.332 e. The third-order valence-corrected chi connectivity index (χ3v) is 4.86. The molecule has 0 radical (unpaired) electrons. The summed E-state index contributed by atoms with van der Waals surface area (Å²) in [6.45, 7) is 1.87. The van der Waals surface area contributed by atoms with Crippen LogP contribution in [-0.4, -0.2) is 24.9 Å². The number of para-hydroxylation sites is 2. The van der Waals surface area contributed by atoms with Crippen LogP contribution in [0.4, 0.5) is 15.8 Å². The lowest BCUT2D eigenvalue weighted by Crippen LogP contribution is -2.87. The highest BCUT2D eigenvalue weighted by Crippen LogP contribution is 2.29. The first-order valence-electron chi connectivity index (χ1n) is 8.04. The van der Waals surface area contributed by atoms with Crippen molar-refractivity contribution in [3.8, 4) is 0 Å². The molecule has 1 aliphatic rings. The molecule has 0 spiro atoms. The first-order valence-corrected chi connectivity index (χ1v) is 8.79. The molecule has 3 N–H and O–H groups in total. The molecule has 5 nitrogen and oxygen atoms in total. The lowest BCUT2D eigenvalue weighted by atomic mass is 10.1. The third-order valence-electron chi connectivity index (χ3n) is 4.25. The topological polar surface area (TPSA) is 66.0 Å². The van der Waals surface area contributed by atoms with E-state index in [0.717, 1.165) is 0 Å². The highest BCUT2D eigenvalue weighted by molar-refractivity contribution is 6.35. The lowest BCUT2D eigenvalue weighted by molar-refractivity contribution is -0.682. The van der Waals surface area contributed by atoms with Crippen LogP contribution in [0, 0.1) is 5.82 Å². The van der Waals surface area contributed by atoms with Crippen LogP contribution in [-0.2, 0) is 9.59 Å². The van der Waals surface area contributed by atoms with Gasteiger partial charge in [0.25, 0.3) is 5.91 Å². The fourth-order valence-corrected chi connectivity index (χ4v) is 3.41. The number of nitrogens with one attached hydrogen (secondary N) is 1. The number of nitrogens with zero attached hydrogens (tertiary/aromatic N) is 1. The molecule has 3 rings (SSSR count). The first kappa shape index (κ1) is 18.6. The molecule has 26 heavy (non-hydrogen) atoms. The predicted molar refractivity (Wildman–Crippen MR) is 99.1 cm³/mol. The number of amides is 2. The van der Waals surface area contributed by atoms with Crippen LogP contribution in [0.3, 0.4) is 0 Å². The van der Waals surface area contributed by atoms with Crippen molar-refractivity contribution in [2.45, 2.75) is 13.0 Å². The molecule has 2 amide bonds. The van der Waals surface area contributed by atoms with Crippen LogP contribution in [0.15, 0.2) is 36.4 Å². The quantitative estimate of drug-likeness (QED) is 0.780. The number of fused-ring (bicyclic) bond motifs is 1. The maximum atomic E-state index is 13.7. The molecule has 1 aliphatic heterocycles. The van der Waals surface area contributed by atoms with Gasteiger partial charge in [0.15, 0.2) is 6.54 Å². The Morgan fingerprint density at radius 3 is 2.81 bits per heavy atom. The molecule has 0 saturated heterocycles. The zero-order valence-corrected chi connectivity index (χ0v) is 15.4. The Bertz CT molecular complexity index is 876. The van der Waals surface area contributed by atoms with Gasteiger partial charge >= 0.3 is 0 Å². The van der Waals surface area contributed by atoms with E-state index >= 15 is 0 Å². The van der Waals surface area contributed by atoms with E-state index in [1.807, 2.05) is 6.92 Å². The van der Waals surface area contributed by atoms with Crippen molar-refractivity contribution < 1.29 is 19.3 Å². The number of anilines is 2. The van der Waals surface area contributed by atoms with Gasteiger partial charge < -0.3 is 10.6 Å². The summed E-state index contributed by atoms with van der Waals surface area (Å²) in [7, 11) is 0. The molecule has 0 aromatic heterocycles. The second-order valence-electron chi connectivity index (χ2n) is 6.06. The van der Waals surface area contributed by atoms with Crippen molar-refractivity contribution in [2.75, 3.05) is 23.3 Å². The third kappa shape index (κ3) is 3.82. The summed E-state index contributed by atoms with van der Waals surface area (Å²) < 4.78 is 13.7. The molecule has 2 aromatic rings. The smallest absolute Gasteiger partial charge is 0.282 e. The second kappa shape index (κ2) is 7.61. The van der Waals surface area contributed by atoms with Crippen LogP contribution < -0.4 is 15.5 Å². The van der Waals surface area contributed by atoms with E-state index in [0.29, 0.717) is 22.0 Å². The molecular formula is C18H17Cl2FN3O2+. The van der Waals surface area contributed by atoms with Gasteiger partial charge in [-0.25, -0.2) is 4.39 Å². The first-order chi connectivity index (χ1) is 12.4. The van der Waals surface area contributed by atoms with Gasteiger partial charge in [0.2, 0.25) is 5.91 Å². The van der Waals surface area contributed by atoms with E-state index in [1.54, 1.807) is 29.6 Å². The molecule has 136 valence electrons. The number of quaternary nitrogens is 1. The van der Waals surface area contributed by atoms with Gasteiger partial charge in [-0.05, 0) is 31.2 Å². The minimum atomic E-state index is -0.556. The number of nitrogens with two attached hydrogens (primary N) is 1. The molecule has 0 unspecified atom stereocenters. The number of benzene rings is 2. The normalized spacial score (nSPS) is 14.6. The van der Waals surface area contributed by atoms with Crippen molar-refractivity contribution in [1.82, 2.24) is 0 Å². The number of carbonyl (C=O) groups excluding carboxylic acids is 2. The summed E-state index contributed by atoms with van der Waals surface area (Å²) in [5, 5.41) is 4.78. The van der Waals surface area contributed by atoms with Gasteiger partial charge in [0, 0.05) is 5.56 Å². The number of carbonyl (C=O) groups is 2. The zero-order chi connectivity index (χ0) is 18.8. The van der Waals surface area contributed by atoms with Crippen molar-refractivity contribution in [2.24, 2.45) is 0 Å². The van der Waals surface area contributed by atoms with E-state index in [-0.39, 0.29) is 36.0 Å². The Balaban J connectivity index is 1.71. The number of rotatable bonds is 4. The lowest BCUT2D eigenvalue weighted by Gasteiger charge is -2.28. The van der Waals surface area contributed by atoms with E-state index < -0.39 is 5.82 Å². The monoisotopic (exact) mass is 396 g/mol. The van der Waals surface area contributed by atoms with Crippen LogP contribution in [0.25, 0.3) is 0 Å². The summed E-state index contributed by atoms with van der Waals surface area (Å²) >= 11 is 11.8. The van der Waals surface area contributed by atoms with Crippen molar-refractivity contribution in [3.05, 3.63) is 57.8 Å². The van der Waals surface area contributed by atoms with Crippen molar-refractivity contribution in [1.29, 1.82) is 0 Å². The Kier molecular flexibility index (Phi) is 5.46. The molecule has 0 fully saturated rings. The number of hydrogen-bond donors (Lipinski definition) is 2. The minimum absolute atomic E-state index is 0.0333. The molecule has 0 saturated carbocycles. The summed E-state index contributed by atoms with van der Waals surface area (Å²) in [6, 6.07) is 9.49. The van der Waals surface area contributed by atoms with Gasteiger partial charge in [0.05, 0.1) is 21.4 Å². The summed E-state index contributed by atoms with van der Waals surface area (Å²) in [4.78, 5) is 25.9. The standard InChI is InChI=1S/C18H16Cl2FN3O2/c1-10(11-6-14(21)13(20)7-12(11)19)22-8-18(26)24-9-17(25)23-15-4-2-3-5-16(15)24/h2-7,10,22H,8-9H2,1H3,(H,23,25)/p+1/t10-/m1/s1. The van der Waals surface area contributed by atoms with Crippen LogP contribution in [0.5, 0.6) is 0 Å². The van der Waals surface area contributed by atoms with Gasteiger partial charge in [-0.2, -0.15) is 0 Å². The molecule has 8 heteroatoms. The molecular weight excluding hydrogens is 380 g/mol. The summed E-state index contributed by atoms with van der Waals surface area (Å²) in [6.07, 6.45) is 0. The maximum absolute atomic E-state index is 13.7.